The summed E-state index contributed by atoms with van der Waals surface area (Å²) in [7, 11) is 0. The van der Waals surface area contributed by atoms with E-state index >= 15 is 0 Å². The van der Waals surface area contributed by atoms with Gasteiger partial charge in [-0.1, -0.05) is 56.7 Å². The molecule has 1 saturated heterocycles. The number of aromatic nitrogens is 3. The quantitative estimate of drug-likeness (QED) is 0.766. The first kappa shape index (κ1) is 20.5. The first-order valence-corrected chi connectivity index (χ1v) is 10.5. The second-order valence-electron chi connectivity index (χ2n) is 8.14. The average molecular weight is 384 g/mol. The van der Waals surface area contributed by atoms with Crippen molar-refractivity contribution in [2.45, 2.75) is 65.5 Å². The van der Waals surface area contributed by atoms with E-state index in [1.807, 2.05) is 11.6 Å². The Balaban J connectivity index is 1.75. The first-order chi connectivity index (χ1) is 13.5. The van der Waals surface area contributed by atoms with Gasteiger partial charge in [-0.15, -0.1) is 5.10 Å². The molecule has 1 unspecified atom stereocenters. The van der Waals surface area contributed by atoms with Crippen LogP contribution in [0, 0.1) is 12.8 Å². The number of nitrogens with zero attached hydrogens (tertiary/aromatic N) is 3. The number of rotatable bonds is 7. The zero-order chi connectivity index (χ0) is 20.1. The summed E-state index contributed by atoms with van der Waals surface area (Å²) in [5.74, 6) is 0.134. The van der Waals surface area contributed by atoms with Gasteiger partial charge in [0.2, 0.25) is 0 Å². The number of amides is 1. The summed E-state index contributed by atoms with van der Waals surface area (Å²) in [6, 6.07) is 8.87. The molecule has 1 aliphatic rings. The molecule has 1 atom stereocenters. The molecule has 152 valence electrons. The van der Waals surface area contributed by atoms with Gasteiger partial charge in [-0.3, -0.25) is 4.79 Å². The maximum absolute atomic E-state index is 13.0. The smallest absolute Gasteiger partial charge is 0.274 e. The highest BCUT2D eigenvalue weighted by atomic mass is 16.2. The monoisotopic (exact) mass is 383 g/mol. The summed E-state index contributed by atoms with van der Waals surface area (Å²) >= 11 is 0. The SMILES string of the molecule is CCCc1ccc(C(NC(=O)c2nnn(C3CCNCC3)c2C)C(C)C)cc1. The third-order valence-corrected chi connectivity index (χ3v) is 5.63. The highest BCUT2D eigenvalue weighted by molar-refractivity contribution is 5.93. The van der Waals surface area contributed by atoms with E-state index in [0.29, 0.717) is 11.7 Å². The van der Waals surface area contributed by atoms with E-state index in [0.717, 1.165) is 50.0 Å². The van der Waals surface area contributed by atoms with Crippen molar-refractivity contribution in [1.82, 2.24) is 25.6 Å². The predicted octanol–water partition coefficient (Wildman–Crippen LogP) is 3.59. The van der Waals surface area contributed by atoms with Gasteiger partial charge in [-0.05, 0) is 56.3 Å². The van der Waals surface area contributed by atoms with Gasteiger partial charge in [0, 0.05) is 0 Å². The molecular formula is C22H33N5O. The Labute approximate surface area is 168 Å². The lowest BCUT2D eigenvalue weighted by Gasteiger charge is -2.24. The number of carbonyl (C=O) groups excluding carboxylic acids is 1. The summed E-state index contributed by atoms with van der Waals surface area (Å²) in [5, 5.41) is 15.1. The molecule has 2 aromatic rings. The minimum atomic E-state index is -0.144. The van der Waals surface area contributed by atoms with Gasteiger partial charge < -0.3 is 10.6 Å². The molecule has 1 aliphatic heterocycles. The van der Waals surface area contributed by atoms with E-state index in [1.54, 1.807) is 0 Å². The Hall–Kier alpha value is -2.21. The molecule has 2 heterocycles. The van der Waals surface area contributed by atoms with Gasteiger partial charge in [0.15, 0.2) is 5.69 Å². The van der Waals surface area contributed by atoms with Crippen molar-refractivity contribution in [2.75, 3.05) is 13.1 Å². The van der Waals surface area contributed by atoms with E-state index in [-0.39, 0.29) is 17.9 Å². The van der Waals surface area contributed by atoms with E-state index < -0.39 is 0 Å². The number of carbonyl (C=O) groups is 1. The number of aryl methyl sites for hydroxylation is 1. The summed E-state index contributed by atoms with van der Waals surface area (Å²) < 4.78 is 1.93. The minimum Gasteiger partial charge on any atom is -0.344 e. The van der Waals surface area contributed by atoms with Crippen LogP contribution in [-0.2, 0) is 6.42 Å². The normalized spacial score (nSPS) is 16.3. The van der Waals surface area contributed by atoms with Gasteiger partial charge in [-0.25, -0.2) is 4.68 Å². The highest BCUT2D eigenvalue weighted by Crippen LogP contribution is 2.24. The van der Waals surface area contributed by atoms with E-state index in [9.17, 15) is 4.79 Å². The van der Waals surface area contributed by atoms with Crippen LogP contribution < -0.4 is 10.6 Å². The molecule has 0 spiro atoms. The van der Waals surface area contributed by atoms with Crippen LogP contribution in [0.2, 0.25) is 0 Å². The van der Waals surface area contributed by atoms with Gasteiger partial charge in [-0.2, -0.15) is 0 Å². The summed E-state index contributed by atoms with van der Waals surface area (Å²) in [4.78, 5) is 13.0. The van der Waals surface area contributed by atoms with Crippen LogP contribution in [0.1, 0.15) is 79.4 Å². The molecule has 1 aromatic heterocycles. The van der Waals surface area contributed by atoms with Crippen LogP contribution in [0.5, 0.6) is 0 Å². The van der Waals surface area contributed by atoms with Crippen molar-refractivity contribution in [3.05, 3.63) is 46.8 Å². The second kappa shape index (κ2) is 9.32. The van der Waals surface area contributed by atoms with Crippen molar-refractivity contribution in [1.29, 1.82) is 0 Å². The zero-order valence-electron chi connectivity index (χ0n) is 17.5. The number of piperidine rings is 1. The molecule has 0 bridgehead atoms. The molecule has 6 nitrogen and oxygen atoms in total. The lowest BCUT2D eigenvalue weighted by atomic mass is 9.94. The Morgan fingerprint density at radius 3 is 2.54 bits per heavy atom. The lowest BCUT2D eigenvalue weighted by molar-refractivity contribution is 0.0919. The fourth-order valence-corrected chi connectivity index (χ4v) is 3.97. The molecular weight excluding hydrogens is 350 g/mol. The molecule has 1 fully saturated rings. The molecule has 0 radical (unpaired) electrons. The van der Waals surface area contributed by atoms with Crippen molar-refractivity contribution in [2.24, 2.45) is 5.92 Å². The Bertz CT molecular complexity index is 775. The van der Waals surface area contributed by atoms with Crippen molar-refractivity contribution >= 4 is 5.91 Å². The molecule has 0 saturated carbocycles. The largest absolute Gasteiger partial charge is 0.344 e. The van der Waals surface area contributed by atoms with Gasteiger partial charge in [0.1, 0.15) is 0 Å². The lowest BCUT2D eigenvalue weighted by Crippen LogP contribution is -2.33. The fraction of sp³-hybridized carbons (Fsp3) is 0.591. The molecule has 28 heavy (non-hydrogen) atoms. The van der Waals surface area contributed by atoms with Gasteiger partial charge >= 0.3 is 0 Å². The average Bonchev–Trinajstić information content (AvgIpc) is 3.09. The zero-order valence-corrected chi connectivity index (χ0v) is 17.5. The Kier molecular flexibility index (Phi) is 6.83. The predicted molar refractivity (Wildman–Crippen MR) is 111 cm³/mol. The van der Waals surface area contributed by atoms with Crippen molar-refractivity contribution < 1.29 is 4.79 Å². The third kappa shape index (κ3) is 4.61. The van der Waals surface area contributed by atoms with E-state index in [1.165, 1.54) is 5.56 Å². The number of benzene rings is 1. The fourth-order valence-electron chi connectivity index (χ4n) is 3.97. The van der Waals surface area contributed by atoms with Crippen LogP contribution in [0.15, 0.2) is 24.3 Å². The first-order valence-electron chi connectivity index (χ1n) is 10.5. The molecule has 6 heteroatoms. The van der Waals surface area contributed by atoms with Crippen molar-refractivity contribution in [3.8, 4) is 0 Å². The van der Waals surface area contributed by atoms with E-state index in [4.69, 9.17) is 0 Å². The summed E-state index contributed by atoms with van der Waals surface area (Å²) in [6.45, 7) is 10.3. The second-order valence-corrected chi connectivity index (χ2v) is 8.14. The molecule has 2 N–H and O–H groups in total. The van der Waals surface area contributed by atoms with Crippen LogP contribution in [0.25, 0.3) is 0 Å². The standard InChI is InChI=1S/C22H33N5O/c1-5-6-17-7-9-18(10-8-17)20(15(2)3)24-22(28)21-16(4)27(26-25-21)19-11-13-23-14-12-19/h7-10,15,19-20,23H,5-6,11-14H2,1-4H3,(H,24,28). The van der Waals surface area contributed by atoms with Crippen LogP contribution in [0.3, 0.4) is 0 Å². The topological polar surface area (TPSA) is 71.8 Å². The van der Waals surface area contributed by atoms with Gasteiger partial charge in [0.25, 0.3) is 5.91 Å². The van der Waals surface area contributed by atoms with Gasteiger partial charge in [0.05, 0.1) is 17.8 Å². The molecule has 1 aromatic carbocycles. The molecule has 1 amide bonds. The maximum atomic E-state index is 13.0. The van der Waals surface area contributed by atoms with Crippen LogP contribution in [-0.4, -0.2) is 34.0 Å². The Morgan fingerprint density at radius 1 is 1.25 bits per heavy atom. The maximum Gasteiger partial charge on any atom is 0.274 e. The minimum absolute atomic E-state index is 0.0494. The molecule has 0 aliphatic carbocycles. The highest BCUT2D eigenvalue weighted by Gasteiger charge is 2.25. The number of hydrogen-bond acceptors (Lipinski definition) is 4. The van der Waals surface area contributed by atoms with E-state index in [2.05, 4.69) is 66.0 Å². The van der Waals surface area contributed by atoms with Crippen molar-refractivity contribution in [3.63, 3.8) is 0 Å². The summed E-state index contributed by atoms with van der Waals surface area (Å²) in [6.07, 6.45) is 4.25. The Morgan fingerprint density at radius 2 is 1.93 bits per heavy atom. The van der Waals surface area contributed by atoms with Crippen LogP contribution >= 0.6 is 0 Å². The number of hydrogen-bond donors (Lipinski definition) is 2. The summed E-state index contributed by atoms with van der Waals surface area (Å²) in [5.41, 5.74) is 3.75. The number of nitrogens with one attached hydrogen (secondary N) is 2. The molecule has 3 rings (SSSR count). The third-order valence-electron chi connectivity index (χ3n) is 5.63. The van der Waals surface area contributed by atoms with Crippen LogP contribution in [0.4, 0.5) is 0 Å².